The quantitative estimate of drug-likeness (QED) is 0.250. The number of hydrogen-bond donors (Lipinski definition) is 3. The third-order valence-electron chi connectivity index (χ3n) is 6.03. The number of carbonyl (C=O) groups excluding carboxylic acids is 1. The number of H-pyrrole nitrogens is 1. The molecule has 0 aliphatic rings. The van der Waals surface area contributed by atoms with E-state index in [1.165, 1.54) is 18.5 Å². The molecule has 0 spiro atoms. The molecule has 9 heteroatoms. The maximum atomic E-state index is 14.0. The van der Waals surface area contributed by atoms with Crippen LogP contribution in [-0.4, -0.2) is 26.0 Å². The third kappa shape index (κ3) is 5.59. The summed E-state index contributed by atoms with van der Waals surface area (Å²) in [6, 6.07) is 14.5. The lowest BCUT2D eigenvalue weighted by atomic mass is 9.96. The molecule has 0 saturated heterocycles. The van der Waals surface area contributed by atoms with Crippen LogP contribution < -0.4 is 5.32 Å². The number of fused-ring (bicyclic) bond motifs is 1. The Bertz CT molecular complexity index is 1570. The fraction of sp³-hybridized carbons (Fsp3) is 0.107. The van der Waals surface area contributed by atoms with Gasteiger partial charge in [-0.3, -0.25) is 4.79 Å². The highest BCUT2D eigenvalue weighted by atomic mass is 35.5. The fourth-order valence-corrected chi connectivity index (χ4v) is 4.51. The van der Waals surface area contributed by atoms with E-state index in [4.69, 9.17) is 11.6 Å². The standard InChI is InChI=1S/C28H21ClF2N4O2/c29-19-3-1-17(2-4-19)24-14-32-15-34-28(24)26(9-16-7-20(30)11-21(31)8-16)35-27(37)10-18-13-33-25-6-5-22(36)12-23(18)25/h1-8,11-15,26,33,36H,9-10H2,(H,35,37). The Balaban J connectivity index is 1.49. The molecule has 5 rings (SSSR count). The van der Waals surface area contributed by atoms with Crippen molar-refractivity contribution in [2.24, 2.45) is 0 Å². The van der Waals surface area contributed by atoms with Crippen LogP contribution in [0.25, 0.3) is 22.0 Å². The highest BCUT2D eigenvalue weighted by molar-refractivity contribution is 6.30. The number of phenols is 1. The van der Waals surface area contributed by atoms with Crippen molar-refractivity contribution in [2.75, 3.05) is 0 Å². The minimum atomic E-state index is -0.721. The molecule has 1 amide bonds. The van der Waals surface area contributed by atoms with Crippen LogP contribution >= 0.6 is 11.6 Å². The van der Waals surface area contributed by atoms with Gasteiger partial charge < -0.3 is 15.4 Å². The molecule has 0 aliphatic carbocycles. The van der Waals surface area contributed by atoms with E-state index in [9.17, 15) is 18.7 Å². The van der Waals surface area contributed by atoms with Gasteiger partial charge in [0, 0.05) is 39.9 Å². The molecule has 1 atom stereocenters. The number of rotatable bonds is 7. The number of aromatic amines is 1. The Labute approximate surface area is 216 Å². The maximum absolute atomic E-state index is 14.0. The number of nitrogens with zero attached hydrogens (tertiary/aromatic N) is 2. The molecule has 0 saturated carbocycles. The lowest BCUT2D eigenvalue weighted by Gasteiger charge is -2.21. The first-order valence-corrected chi connectivity index (χ1v) is 11.8. The Kier molecular flexibility index (Phi) is 6.83. The Morgan fingerprint density at radius 1 is 1.05 bits per heavy atom. The van der Waals surface area contributed by atoms with Crippen LogP contribution in [0.1, 0.15) is 22.9 Å². The van der Waals surface area contributed by atoms with E-state index in [0.717, 1.165) is 22.5 Å². The summed E-state index contributed by atoms with van der Waals surface area (Å²) in [4.78, 5) is 24.9. The third-order valence-corrected chi connectivity index (χ3v) is 6.28. The molecular formula is C28H21ClF2N4O2. The first kappa shape index (κ1) is 24.4. The SMILES string of the molecule is O=C(Cc1c[nH]c2ccc(O)cc12)NC(Cc1cc(F)cc(F)c1)c1ncncc1-c1ccc(Cl)cc1. The van der Waals surface area contributed by atoms with Gasteiger partial charge in [0.15, 0.2) is 0 Å². The summed E-state index contributed by atoms with van der Waals surface area (Å²) >= 11 is 6.05. The molecule has 3 aromatic carbocycles. The predicted octanol–water partition coefficient (Wildman–Crippen LogP) is 5.90. The molecule has 0 radical (unpaired) electrons. The first-order valence-electron chi connectivity index (χ1n) is 11.4. The van der Waals surface area contributed by atoms with E-state index < -0.39 is 17.7 Å². The van der Waals surface area contributed by atoms with Crippen molar-refractivity contribution in [2.45, 2.75) is 18.9 Å². The molecule has 0 bridgehead atoms. The van der Waals surface area contributed by atoms with Crippen LogP contribution in [-0.2, 0) is 17.6 Å². The summed E-state index contributed by atoms with van der Waals surface area (Å²) in [5.41, 5.74) is 3.76. The van der Waals surface area contributed by atoms with Crippen molar-refractivity contribution in [3.05, 3.63) is 113 Å². The van der Waals surface area contributed by atoms with Gasteiger partial charge in [0.1, 0.15) is 23.7 Å². The highest BCUT2D eigenvalue weighted by Gasteiger charge is 2.22. The second-order valence-corrected chi connectivity index (χ2v) is 9.09. The monoisotopic (exact) mass is 518 g/mol. The summed E-state index contributed by atoms with van der Waals surface area (Å²) in [6.45, 7) is 0. The molecular weight excluding hydrogens is 498 g/mol. The molecule has 37 heavy (non-hydrogen) atoms. The Morgan fingerprint density at radius 3 is 2.57 bits per heavy atom. The molecule has 5 aromatic rings. The minimum absolute atomic E-state index is 0.0127. The van der Waals surface area contributed by atoms with Crippen LogP contribution in [0.15, 0.2) is 79.4 Å². The van der Waals surface area contributed by atoms with Gasteiger partial charge in [0.05, 0.1) is 18.2 Å². The van der Waals surface area contributed by atoms with E-state index in [-0.39, 0.29) is 24.5 Å². The van der Waals surface area contributed by atoms with E-state index in [1.54, 1.807) is 42.7 Å². The van der Waals surface area contributed by atoms with Gasteiger partial charge in [-0.05, 0) is 65.6 Å². The number of phenolic OH excluding ortho intramolecular Hbond substituents is 1. The minimum Gasteiger partial charge on any atom is -0.508 e. The van der Waals surface area contributed by atoms with Gasteiger partial charge in [-0.15, -0.1) is 0 Å². The average Bonchev–Trinajstić information content (AvgIpc) is 3.25. The number of nitrogens with one attached hydrogen (secondary N) is 2. The van der Waals surface area contributed by atoms with Crippen molar-refractivity contribution < 1.29 is 18.7 Å². The van der Waals surface area contributed by atoms with Crippen LogP contribution in [0.4, 0.5) is 8.78 Å². The van der Waals surface area contributed by atoms with Crippen molar-refractivity contribution >= 4 is 28.4 Å². The molecule has 1 unspecified atom stereocenters. The molecule has 0 fully saturated rings. The predicted molar refractivity (Wildman–Crippen MR) is 137 cm³/mol. The van der Waals surface area contributed by atoms with Gasteiger partial charge in [0.2, 0.25) is 5.91 Å². The van der Waals surface area contributed by atoms with Crippen molar-refractivity contribution in [3.63, 3.8) is 0 Å². The zero-order valence-electron chi connectivity index (χ0n) is 19.4. The smallest absolute Gasteiger partial charge is 0.225 e. The number of hydrogen-bond acceptors (Lipinski definition) is 4. The molecule has 2 aromatic heterocycles. The normalized spacial score (nSPS) is 12.0. The fourth-order valence-electron chi connectivity index (χ4n) is 4.38. The number of benzene rings is 3. The van der Waals surface area contributed by atoms with Crippen LogP contribution in [0.3, 0.4) is 0 Å². The molecule has 6 nitrogen and oxygen atoms in total. The lowest BCUT2D eigenvalue weighted by Crippen LogP contribution is -2.32. The topological polar surface area (TPSA) is 90.9 Å². The zero-order valence-corrected chi connectivity index (χ0v) is 20.1. The second kappa shape index (κ2) is 10.4. The summed E-state index contributed by atoms with van der Waals surface area (Å²) in [5, 5.41) is 14.1. The summed E-state index contributed by atoms with van der Waals surface area (Å²) in [6.07, 6.45) is 4.80. The van der Waals surface area contributed by atoms with Crippen LogP contribution in [0, 0.1) is 11.6 Å². The van der Waals surface area contributed by atoms with Crippen LogP contribution in [0.5, 0.6) is 5.75 Å². The van der Waals surface area contributed by atoms with Gasteiger partial charge in [-0.1, -0.05) is 23.7 Å². The van der Waals surface area contributed by atoms with Crippen molar-refractivity contribution in [1.29, 1.82) is 0 Å². The number of aromatic nitrogens is 3. The summed E-state index contributed by atoms with van der Waals surface area (Å²) in [7, 11) is 0. The van der Waals surface area contributed by atoms with E-state index in [2.05, 4.69) is 20.3 Å². The Morgan fingerprint density at radius 2 is 1.81 bits per heavy atom. The van der Waals surface area contributed by atoms with Crippen molar-refractivity contribution in [1.82, 2.24) is 20.3 Å². The first-order chi connectivity index (χ1) is 17.9. The van der Waals surface area contributed by atoms with Gasteiger partial charge in [0.25, 0.3) is 0 Å². The lowest BCUT2D eigenvalue weighted by molar-refractivity contribution is -0.121. The van der Waals surface area contributed by atoms with Gasteiger partial charge in [-0.2, -0.15) is 0 Å². The number of halogens is 3. The van der Waals surface area contributed by atoms with Crippen LogP contribution in [0.2, 0.25) is 5.02 Å². The maximum Gasteiger partial charge on any atom is 0.225 e. The molecule has 3 N–H and O–H groups in total. The molecule has 0 aliphatic heterocycles. The average molecular weight is 519 g/mol. The van der Waals surface area contributed by atoms with E-state index in [1.807, 2.05) is 12.1 Å². The summed E-state index contributed by atoms with van der Waals surface area (Å²) in [5.74, 6) is -1.65. The van der Waals surface area contributed by atoms with E-state index >= 15 is 0 Å². The number of carbonyl (C=O) groups is 1. The van der Waals surface area contributed by atoms with Gasteiger partial charge in [-0.25, -0.2) is 18.7 Å². The highest BCUT2D eigenvalue weighted by Crippen LogP contribution is 2.30. The second-order valence-electron chi connectivity index (χ2n) is 8.65. The number of aromatic hydroxyl groups is 1. The van der Waals surface area contributed by atoms with Crippen molar-refractivity contribution in [3.8, 4) is 16.9 Å². The largest absolute Gasteiger partial charge is 0.508 e. The summed E-state index contributed by atoms with van der Waals surface area (Å²) < 4.78 is 27.9. The van der Waals surface area contributed by atoms with E-state index in [0.29, 0.717) is 27.4 Å². The Hall–Kier alpha value is -4.30. The van der Waals surface area contributed by atoms with Gasteiger partial charge >= 0.3 is 0 Å². The zero-order chi connectivity index (χ0) is 25.9. The number of amides is 1. The molecule has 2 heterocycles. The molecule has 186 valence electrons.